The van der Waals surface area contributed by atoms with Crippen molar-refractivity contribution >= 4 is 17.8 Å². The zero-order chi connectivity index (χ0) is 17.3. The highest BCUT2D eigenvalue weighted by Crippen LogP contribution is 2.35. The summed E-state index contributed by atoms with van der Waals surface area (Å²) in [7, 11) is 0. The zero-order valence-electron chi connectivity index (χ0n) is 12.6. The Morgan fingerprint density at radius 1 is 1.29 bits per heavy atom. The molecule has 0 radical (unpaired) electrons. The molecule has 0 saturated carbocycles. The molecule has 1 atom stereocenters. The van der Waals surface area contributed by atoms with E-state index in [1.165, 1.54) is 49.4 Å². The number of hydrogen-bond donors (Lipinski definition) is 0. The molecule has 0 amide bonds. The van der Waals surface area contributed by atoms with Crippen LogP contribution in [0.25, 0.3) is 6.08 Å². The van der Waals surface area contributed by atoms with Crippen LogP contribution in [0.4, 0.5) is 4.39 Å². The van der Waals surface area contributed by atoms with Gasteiger partial charge in [0.25, 0.3) is 0 Å². The van der Waals surface area contributed by atoms with Gasteiger partial charge in [0, 0.05) is 6.07 Å². The minimum absolute atomic E-state index is 0.0562. The molecule has 0 aromatic heterocycles. The molecule has 0 bridgehead atoms. The van der Waals surface area contributed by atoms with Crippen molar-refractivity contribution in [1.82, 2.24) is 0 Å². The Morgan fingerprint density at radius 3 is 2.79 bits per heavy atom. The Hall–Kier alpha value is -3.15. The highest BCUT2D eigenvalue weighted by molar-refractivity contribution is 6.14. The molecular weight excluding hydrogens is 315 g/mol. The monoisotopic (exact) mass is 327 g/mol. The Kier molecular flexibility index (Phi) is 4.04. The van der Waals surface area contributed by atoms with Crippen molar-refractivity contribution in [2.45, 2.75) is 13.0 Å². The van der Waals surface area contributed by atoms with E-state index in [4.69, 9.17) is 9.47 Å². The molecule has 0 saturated heterocycles. The SMILES string of the molecule is C[C@H](Oc1ccc2c(c1)O/C(=C\c1cccc(F)c1)C2=O)C(=O)[O-]. The van der Waals surface area contributed by atoms with Crippen LogP contribution in [0.5, 0.6) is 11.5 Å². The topological polar surface area (TPSA) is 75.7 Å². The van der Waals surface area contributed by atoms with Crippen molar-refractivity contribution in [3.05, 3.63) is 65.2 Å². The molecule has 1 heterocycles. The fourth-order valence-corrected chi connectivity index (χ4v) is 2.24. The lowest BCUT2D eigenvalue weighted by Gasteiger charge is -2.15. The summed E-state index contributed by atoms with van der Waals surface area (Å²) in [4.78, 5) is 23.0. The summed E-state index contributed by atoms with van der Waals surface area (Å²) in [6, 6.07) is 10.2. The van der Waals surface area contributed by atoms with E-state index in [1.807, 2.05) is 0 Å². The quantitative estimate of drug-likeness (QED) is 0.803. The molecule has 3 rings (SSSR count). The van der Waals surface area contributed by atoms with Crippen molar-refractivity contribution in [2.75, 3.05) is 0 Å². The fourth-order valence-electron chi connectivity index (χ4n) is 2.24. The molecule has 2 aromatic rings. The molecule has 122 valence electrons. The van der Waals surface area contributed by atoms with Crippen molar-refractivity contribution in [3.63, 3.8) is 0 Å². The van der Waals surface area contributed by atoms with Crippen LogP contribution in [0, 0.1) is 5.82 Å². The summed E-state index contributed by atoms with van der Waals surface area (Å²) in [6.45, 7) is 1.34. The van der Waals surface area contributed by atoms with Crippen LogP contribution < -0.4 is 14.6 Å². The minimum atomic E-state index is -1.35. The van der Waals surface area contributed by atoms with Gasteiger partial charge in [-0.2, -0.15) is 0 Å². The number of fused-ring (bicyclic) bond motifs is 1. The maximum absolute atomic E-state index is 13.2. The predicted molar refractivity (Wildman–Crippen MR) is 80.9 cm³/mol. The normalized spacial score (nSPS) is 15.8. The number of carbonyl (C=O) groups excluding carboxylic acids is 2. The van der Waals surface area contributed by atoms with E-state index in [9.17, 15) is 19.1 Å². The lowest BCUT2D eigenvalue weighted by molar-refractivity contribution is -0.312. The Balaban J connectivity index is 1.86. The molecule has 0 N–H and O–H groups in total. The lowest BCUT2D eigenvalue weighted by atomic mass is 10.1. The molecule has 0 fully saturated rings. The molecule has 5 nitrogen and oxygen atoms in total. The summed E-state index contributed by atoms with van der Waals surface area (Å²) in [5, 5.41) is 10.7. The van der Waals surface area contributed by atoms with Crippen LogP contribution in [0.2, 0.25) is 0 Å². The van der Waals surface area contributed by atoms with E-state index >= 15 is 0 Å². The van der Waals surface area contributed by atoms with Gasteiger partial charge in [-0.3, -0.25) is 4.79 Å². The second-order valence-corrected chi connectivity index (χ2v) is 5.23. The van der Waals surface area contributed by atoms with Gasteiger partial charge in [-0.25, -0.2) is 4.39 Å². The predicted octanol–water partition coefficient (Wildman–Crippen LogP) is 1.96. The third-order valence-electron chi connectivity index (χ3n) is 3.43. The molecule has 6 heteroatoms. The number of rotatable bonds is 4. The molecule has 24 heavy (non-hydrogen) atoms. The average molecular weight is 327 g/mol. The van der Waals surface area contributed by atoms with Gasteiger partial charge in [0.2, 0.25) is 5.78 Å². The third kappa shape index (κ3) is 3.12. The van der Waals surface area contributed by atoms with Crippen LogP contribution in [-0.2, 0) is 4.79 Å². The summed E-state index contributed by atoms with van der Waals surface area (Å²) in [5.74, 6) is -1.55. The first-order valence-electron chi connectivity index (χ1n) is 7.15. The van der Waals surface area contributed by atoms with E-state index in [2.05, 4.69) is 0 Å². The lowest BCUT2D eigenvalue weighted by Crippen LogP contribution is -2.37. The molecular formula is C18H12FO5-. The first kappa shape index (κ1) is 15.7. The van der Waals surface area contributed by atoms with Gasteiger partial charge in [-0.1, -0.05) is 12.1 Å². The molecule has 0 aliphatic carbocycles. The van der Waals surface area contributed by atoms with Gasteiger partial charge in [-0.15, -0.1) is 0 Å². The number of allylic oxidation sites excluding steroid dienone is 1. The summed E-state index contributed by atoms with van der Waals surface area (Å²) in [6.07, 6.45) is 0.304. The van der Waals surface area contributed by atoms with Gasteiger partial charge in [-0.05, 0) is 42.8 Å². The number of ketones is 1. The Morgan fingerprint density at radius 2 is 2.08 bits per heavy atom. The Labute approximate surface area is 136 Å². The molecule has 1 aliphatic heterocycles. The largest absolute Gasteiger partial charge is 0.546 e. The first-order chi connectivity index (χ1) is 11.4. The molecule has 0 unspecified atom stereocenters. The number of carboxylic acid groups (broad SMARTS) is 1. The van der Waals surface area contributed by atoms with E-state index in [0.717, 1.165) is 0 Å². The van der Waals surface area contributed by atoms with Crippen molar-refractivity contribution in [2.24, 2.45) is 0 Å². The highest BCUT2D eigenvalue weighted by atomic mass is 19.1. The van der Waals surface area contributed by atoms with Crippen LogP contribution in [0.3, 0.4) is 0 Å². The second kappa shape index (κ2) is 6.16. The van der Waals surface area contributed by atoms with Crippen molar-refractivity contribution in [3.8, 4) is 11.5 Å². The van der Waals surface area contributed by atoms with Gasteiger partial charge < -0.3 is 19.4 Å². The maximum atomic E-state index is 13.2. The van der Waals surface area contributed by atoms with Crippen molar-refractivity contribution < 1.29 is 28.6 Å². The number of carbonyl (C=O) groups is 2. The van der Waals surface area contributed by atoms with Crippen LogP contribution >= 0.6 is 0 Å². The molecule has 1 aliphatic rings. The fraction of sp³-hybridized carbons (Fsp3) is 0.111. The third-order valence-corrected chi connectivity index (χ3v) is 3.43. The number of hydrogen-bond acceptors (Lipinski definition) is 5. The maximum Gasteiger partial charge on any atom is 0.231 e. The second-order valence-electron chi connectivity index (χ2n) is 5.23. The summed E-state index contributed by atoms with van der Waals surface area (Å²) >= 11 is 0. The minimum Gasteiger partial charge on any atom is -0.546 e. The van der Waals surface area contributed by atoms with E-state index in [-0.39, 0.29) is 23.0 Å². The number of halogens is 1. The number of ether oxygens (including phenoxy) is 2. The van der Waals surface area contributed by atoms with Gasteiger partial charge in [0.05, 0.1) is 11.5 Å². The number of aliphatic carboxylic acids is 1. The smallest absolute Gasteiger partial charge is 0.231 e. The van der Waals surface area contributed by atoms with Gasteiger partial charge in [0.15, 0.2) is 5.76 Å². The first-order valence-corrected chi connectivity index (χ1v) is 7.15. The summed E-state index contributed by atoms with van der Waals surface area (Å²) < 4.78 is 23.9. The van der Waals surface area contributed by atoms with E-state index < -0.39 is 17.9 Å². The number of benzene rings is 2. The molecule has 2 aromatic carbocycles. The van der Waals surface area contributed by atoms with Crippen LogP contribution in [0.1, 0.15) is 22.8 Å². The summed E-state index contributed by atoms with van der Waals surface area (Å²) in [5.41, 5.74) is 0.819. The van der Waals surface area contributed by atoms with Gasteiger partial charge >= 0.3 is 0 Å². The highest BCUT2D eigenvalue weighted by Gasteiger charge is 2.28. The van der Waals surface area contributed by atoms with E-state index in [1.54, 1.807) is 6.07 Å². The zero-order valence-corrected chi connectivity index (χ0v) is 12.6. The molecule has 0 spiro atoms. The van der Waals surface area contributed by atoms with Crippen LogP contribution in [0.15, 0.2) is 48.2 Å². The Bertz CT molecular complexity index is 856. The average Bonchev–Trinajstić information content (AvgIpc) is 2.83. The standard InChI is InChI=1S/C18H13FO5/c1-10(18(21)22)23-13-5-6-14-15(9-13)24-16(17(14)20)8-11-3-2-4-12(19)7-11/h2-10H,1H3,(H,21,22)/p-1/b16-8-/t10-/m0/s1. The number of carboxylic acids is 1. The van der Waals surface area contributed by atoms with Crippen LogP contribution in [-0.4, -0.2) is 17.9 Å². The number of Topliss-reactive ketones (excluding diaryl/α,β-unsaturated/α-hetero) is 1. The van der Waals surface area contributed by atoms with E-state index in [0.29, 0.717) is 11.1 Å². The van der Waals surface area contributed by atoms with Gasteiger partial charge in [0.1, 0.15) is 23.4 Å². The van der Waals surface area contributed by atoms with Crippen molar-refractivity contribution in [1.29, 1.82) is 0 Å².